The van der Waals surface area contributed by atoms with E-state index < -0.39 is 18.5 Å². The van der Waals surface area contributed by atoms with Crippen molar-refractivity contribution < 1.29 is 27.5 Å². The fourth-order valence-corrected chi connectivity index (χ4v) is 5.72. The molecule has 0 aliphatic carbocycles. The van der Waals surface area contributed by atoms with Crippen molar-refractivity contribution in [2.75, 3.05) is 39.3 Å². The lowest BCUT2D eigenvalue weighted by Gasteiger charge is -2.50. The van der Waals surface area contributed by atoms with Crippen LogP contribution in [0.2, 0.25) is 0 Å². The number of fused-ring (bicyclic) bond motifs is 2. The van der Waals surface area contributed by atoms with E-state index in [9.17, 15) is 22.8 Å². The second kappa shape index (κ2) is 9.52. The van der Waals surface area contributed by atoms with Crippen LogP contribution in [0.1, 0.15) is 50.2 Å². The van der Waals surface area contributed by atoms with Crippen LogP contribution in [-0.4, -0.2) is 78.2 Å². The minimum atomic E-state index is -4.50. The second-order valence-corrected chi connectivity index (χ2v) is 9.43. The van der Waals surface area contributed by atoms with E-state index in [2.05, 4.69) is 11.0 Å². The van der Waals surface area contributed by atoms with E-state index in [0.29, 0.717) is 32.3 Å². The molecule has 2 saturated heterocycles. The maximum absolute atomic E-state index is 12.9. The highest BCUT2D eigenvalue weighted by Crippen LogP contribution is 2.43. The molecule has 0 N–H and O–H groups in total. The number of piperidine rings is 2. The van der Waals surface area contributed by atoms with Crippen LogP contribution >= 0.6 is 0 Å². The molecule has 3 aliphatic heterocycles. The van der Waals surface area contributed by atoms with Gasteiger partial charge in [-0.15, -0.1) is 0 Å². The number of carbonyl (C=O) groups is 2. The zero-order chi connectivity index (χ0) is 23.6. The van der Waals surface area contributed by atoms with Gasteiger partial charge in [0.15, 0.2) is 0 Å². The lowest BCUT2D eigenvalue weighted by Crippen LogP contribution is -2.56. The summed E-state index contributed by atoms with van der Waals surface area (Å²) in [5.74, 6) is -0.842. The number of hydrogen-bond donors (Lipinski definition) is 0. The molecular weight excluding hydrogens is 435 g/mol. The highest BCUT2D eigenvalue weighted by Gasteiger charge is 2.45. The molecule has 33 heavy (non-hydrogen) atoms. The number of nitrogens with zero attached hydrogens (tertiary/aromatic N) is 3. The first-order valence-corrected chi connectivity index (χ1v) is 11.8. The molecule has 2 amide bonds. The fraction of sp³-hybridized carbons (Fsp3) is 0.667. The van der Waals surface area contributed by atoms with E-state index in [-0.39, 0.29) is 18.1 Å². The molecule has 6 nitrogen and oxygen atoms in total. The number of benzene rings is 1. The minimum Gasteiger partial charge on any atom is -0.450 e. The maximum atomic E-state index is 12.9. The molecular formula is C24H32F3N3O3. The number of rotatable bonds is 3. The number of alkyl halides is 3. The van der Waals surface area contributed by atoms with Crippen molar-refractivity contribution in [1.82, 2.24) is 14.7 Å². The first-order chi connectivity index (χ1) is 15.7. The summed E-state index contributed by atoms with van der Waals surface area (Å²) in [5, 5.41) is 0. The summed E-state index contributed by atoms with van der Waals surface area (Å²) in [6, 6.07) is 8.26. The Bertz CT molecular complexity index is 860. The van der Waals surface area contributed by atoms with Crippen LogP contribution in [0.3, 0.4) is 0 Å². The SMILES string of the molecule is CCOC(=O)N1CCC(N2CCC3(CC2)CN(C(=O)CC(F)(F)F)Cc2ccccc23)CC1. The summed E-state index contributed by atoms with van der Waals surface area (Å²) in [4.78, 5) is 30.0. The lowest BCUT2D eigenvalue weighted by molar-refractivity contribution is -0.163. The van der Waals surface area contributed by atoms with E-state index in [1.807, 2.05) is 18.2 Å². The molecule has 4 rings (SSSR count). The van der Waals surface area contributed by atoms with Crippen LogP contribution in [-0.2, 0) is 21.5 Å². The van der Waals surface area contributed by atoms with Gasteiger partial charge in [-0.1, -0.05) is 24.3 Å². The zero-order valence-electron chi connectivity index (χ0n) is 19.1. The fourth-order valence-electron chi connectivity index (χ4n) is 5.72. The first-order valence-electron chi connectivity index (χ1n) is 11.8. The van der Waals surface area contributed by atoms with E-state index in [1.165, 1.54) is 10.5 Å². The number of carbonyl (C=O) groups excluding carboxylic acids is 2. The Kier molecular flexibility index (Phi) is 6.88. The molecule has 0 bridgehead atoms. The van der Waals surface area contributed by atoms with Gasteiger partial charge >= 0.3 is 12.3 Å². The number of amides is 2. The van der Waals surface area contributed by atoms with Crippen LogP contribution in [0, 0.1) is 0 Å². The van der Waals surface area contributed by atoms with Gasteiger partial charge in [-0.25, -0.2) is 4.79 Å². The monoisotopic (exact) mass is 467 g/mol. The zero-order valence-corrected chi connectivity index (χ0v) is 19.1. The smallest absolute Gasteiger partial charge is 0.409 e. The highest BCUT2D eigenvalue weighted by molar-refractivity contribution is 5.77. The standard InChI is InChI=1S/C24H32F3N3O3/c1-2-33-22(32)29-11-7-19(8-12-29)28-13-9-23(10-14-28)17-30(21(31)15-24(25,26)27)16-18-5-3-4-6-20(18)23/h3-6,19H,2,7-17H2,1H3. The average Bonchev–Trinajstić information content (AvgIpc) is 2.79. The van der Waals surface area contributed by atoms with Crippen molar-refractivity contribution >= 4 is 12.0 Å². The third-order valence-electron chi connectivity index (χ3n) is 7.41. The quantitative estimate of drug-likeness (QED) is 0.676. The van der Waals surface area contributed by atoms with Crippen molar-refractivity contribution in [3.05, 3.63) is 35.4 Å². The van der Waals surface area contributed by atoms with Gasteiger partial charge in [0.2, 0.25) is 5.91 Å². The lowest BCUT2D eigenvalue weighted by atomic mass is 9.68. The van der Waals surface area contributed by atoms with E-state index in [4.69, 9.17) is 4.74 Å². The van der Waals surface area contributed by atoms with Gasteiger partial charge in [-0.2, -0.15) is 13.2 Å². The topological polar surface area (TPSA) is 53.1 Å². The molecule has 0 saturated carbocycles. The van der Waals surface area contributed by atoms with Gasteiger partial charge < -0.3 is 19.4 Å². The Morgan fingerprint density at radius 3 is 2.36 bits per heavy atom. The Morgan fingerprint density at radius 1 is 1.06 bits per heavy atom. The van der Waals surface area contributed by atoms with Crippen molar-refractivity contribution in [2.24, 2.45) is 0 Å². The molecule has 3 aliphatic rings. The van der Waals surface area contributed by atoms with Crippen molar-refractivity contribution in [1.29, 1.82) is 0 Å². The molecule has 182 valence electrons. The van der Waals surface area contributed by atoms with Crippen LogP contribution in [0.5, 0.6) is 0 Å². The molecule has 2 fully saturated rings. The third kappa shape index (κ3) is 5.28. The second-order valence-electron chi connectivity index (χ2n) is 9.43. The normalized spacial score (nSPS) is 21.7. The summed E-state index contributed by atoms with van der Waals surface area (Å²) in [6.45, 7) is 5.77. The summed E-state index contributed by atoms with van der Waals surface area (Å²) >= 11 is 0. The number of likely N-dealkylation sites (tertiary alicyclic amines) is 2. The van der Waals surface area contributed by atoms with Crippen LogP contribution in [0.15, 0.2) is 24.3 Å². The van der Waals surface area contributed by atoms with E-state index in [1.54, 1.807) is 11.8 Å². The molecule has 0 atom stereocenters. The van der Waals surface area contributed by atoms with Crippen molar-refractivity contribution in [3.63, 3.8) is 0 Å². The average molecular weight is 468 g/mol. The molecule has 0 aromatic heterocycles. The largest absolute Gasteiger partial charge is 0.450 e. The van der Waals surface area contributed by atoms with Crippen LogP contribution < -0.4 is 0 Å². The molecule has 1 aromatic carbocycles. The van der Waals surface area contributed by atoms with Gasteiger partial charge in [-0.3, -0.25) is 4.79 Å². The van der Waals surface area contributed by atoms with Crippen molar-refractivity contribution in [3.8, 4) is 0 Å². The number of ether oxygens (including phenoxy) is 1. The predicted octanol–water partition coefficient (Wildman–Crippen LogP) is 3.94. The molecule has 1 spiro atoms. The van der Waals surface area contributed by atoms with Crippen LogP contribution in [0.4, 0.5) is 18.0 Å². The Hall–Kier alpha value is -2.29. The highest BCUT2D eigenvalue weighted by atomic mass is 19.4. The number of halogens is 3. The molecule has 1 aromatic rings. The summed E-state index contributed by atoms with van der Waals surface area (Å²) in [7, 11) is 0. The van der Waals surface area contributed by atoms with Gasteiger partial charge in [0, 0.05) is 37.6 Å². The van der Waals surface area contributed by atoms with Gasteiger partial charge in [0.05, 0.1) is 6.61 Å². The first kappa shape index (κ1) is 23.9. The number of hydrogen-bond acceptors (Lipinski definition) is 4. The van der Waals surface area contributed by atoms with E-state index in [0.717, 1.165) is 44.3 Å². The van der Waals surface area contributed by atoms with Gasteiger partial charge in [0.1, 0.15) is 6.42 Å². The summed E-state index contributed by atoms with van der Waals surface area (Å²) in [5.41, 5.74) is 1.83. The van der Waals surface area contributed by atoms with Crippen LogP contribution in [0.25, 0.3) is 0 Å². The Balaban J connectivity index is 1.42. The Labute approximate surface area is 192 Å². The molecule has 3 heterocycles. The predicted molar refractivity (Wildman–Crippen MR) is 117 cm³/mol. The van der Waals surface area contributed by atoms with E-state index >= 15 is 0 Å². The minimum absolute atomic E-state index is 0.239. The summed E-state index contributed by atoms with van der Waals surface area (Å²) < 4.78 is 43.7. The third-order valence-corrected chi connectivity index (χ3v) is 7.41. The maximum Gasteiger partial charge on any atom is 0.409 e. The van der Waals surface area contributed by atoms with Gasteiger partial charge in [-0.05, 0) is 56.8 Å². The van der Waals surface area contributed by atoms with Gasteiger partial charge in [0.25, 0.3) is 0 Å². The Morgan fingerprint density at radius 2 is 1.73 bits per heavy atom. The molecule has 0 radical (unpaired) electrons. The van der Waals surface area contributed by atoms with Crippen molar-refractivity contribution in [2.45, 2.75) is 63.2 Å². The molecule has 9 heteroatoms. The molecule has 0 unspecified atom stereocenters. The summed E-state index contributed by atoms with van der Waals surface area (Å²) in [6.07, 6.45) is -2.78.